The fraction of sp³-hybridized carbons (Fsp3) is 0.562. The standard InChI is InChI=1S/C16H20ClNO3/c1-10-7-13(17)5-6-14(10)21-11(2)15(19)18-8-16(20,9-18)12-3-4-12/h5-7,11-12,20H,3-4,8-9H2,1-2H3. The fourth-order valence-corrected chi connectivity index (χ4v) is 3.12. The summed E-state index contributed by atoms with van der Waals surface area (Å²) in [6.45, 7) is 4.51. The molecule has 0 radical (unpaired) electrons. The van der Waals surface area contributed by atoms with Crippen molar-refractivity contribution < 1.29 is 14.6 Å². The van der Waals surface area contributed by atoms with Gasteiger partial charge in [-0.2, -0.15) is 0 Å². The number of ether oxygens (including phenoxy) is 1. The highest BCUT2D eigenvalue weighted by atomic mass is 35.5. The summed E-state index contributed by atoms with van der Waals surface area (Å²) >= 11 is 5.91. The number of aliphatic hydroxyl groups is 1. The van der Waals surface area contributed by atoms with Gasteiger partial charge in [0.25, 0.3) is 5.91 Å². The molecular formula is C16H20ClNO3. The zero-order valence-corrected chi connectivity index (χ0v) is 13.1. The molecule has 1 atom stereocenters. The maximum Gasteiger partial charge on any atom is 0.263 e. The minimum absolute atomic E-state index is 0.0744. The summed E-state index contributed by atoms with van der Waals surface area (Å²) in [6, 6.07) is 5.33. The van der Waals surface area contributed by atoms with Crippen molar-refractivity contribution in [2.45, 2.75) is 38.4 Å². The third kappa shape index (κ3) is 2.87. The first kappa shape index (κ1) is 14.7. The summed E-state index contributed by atoms with van der Waals surface area (Å²) in [5, 5.41) is 10.9. The van der Waals surface area contributed by atoms with Gasteiger partial charge in [-0.25, -0.2) is 0 Å². The SMILES string of the molecule is Cc1cc(Cl)ccc1OC(C)C(=O)N1CC(O)(C2CC2)C1. The van der Waals surface area contributed by atoms with E-state index >= 15 is 0 Å². The highest BCUT2D eigenvalue weighted by Crippen LogP contribution is 2.44. The van der Waals surface area contributed by atoms with E-state index in [-0.39, 0.29) is 5.91 Å². The Balaban J connectivity index is 1.58. The second-order valence-electron chi connectivity index (χ2n) is 6.24. The predicted octanol–water partition coefficient (Wildman–Crippen LogP) is 2.40. The Morgan fingerprint density at radius 2 is 2.14 bits per heavy atom. The highest BCUT2D eigenvalue weighted by molar-refractivity contribution is 6.30. The first-order chi connectivity index (χ1) is 9.89. The molecular weight excluding hydrogens is 290 g/mol. The number of carbonyl (C=O) groups is 1. The van der Waals surface area contributed by atoms with E-state index in [0.717, 1.165) is 18.4 Å². The van der Waals surface area contributed by atoms with Crippen LogP contribution >= 0.6 is 11.6 Å². The Morgan fingerprint density at radius 1 is 1.48 bits per heavy atom. The highest BCUT2D eigenvalue weighted by Gasteiger charge is 2.53. The lowest BCUT2D eigenvalue weighted by molar-refractivity contribution is -0.165. The van der Waals surface area contributed by atoms with Crippen LogP contribution in [0.2, 0.25) is 5.02 Å². The topological polar surface area (TPSA) is 49.8 Å². The summed E-state index contributed by atoms with van der Waals surface area (Å²) in [7, 11) is 0. The number of halogens is 1. The molecule has 1 aliphatic carbocycles. The minimum Gasteiger partial charge on any atom is -0.481 e. The number of benzene rings is 1. The molecule has 1 aromatic rings. The van der Waals surface area contributed by atoms with Gasteiger partial charge in [-0.15, -0.1) is 0 Å². The smallest absolute Gasteiger partial charge is 0.263 e. The molecule has 2 aliphatic rings. The molecule has 21 heavy (non-hydrogen) atoms. The van der Waals surface area contributed by atoms with Crippen LogP contribution in [0.5, 0.6) is 5.75 Å². The van der Waals surface area contributed by atoms with E-state index in [1.54, 1.807) is 24.0 Å². The Labute approximate surface area is 129 Å². The van der Waals surface area contributed by atoms with Gasteiger partial charge in [-0.3, -0.25) is 4.79 Å². The predicted molar refractivity (Wildman–Crippen MR) is 80.5 cm³/mol. The van der Waals surface area contributed by atoms with Crippen LogP contribution in [-0.2, 0) is 4.79 Å². The quantitative estimate of drug-likeness (QED) is 0.929. The maximum atomic E-state index is 12.3. The number of β-amino-alcohol motifs (C(OH)–C–C–N with tert-alkyl or cyclic N) is 1. The molecule has 1 saturated carbocycles. The van der Waals surface area contributed by atoms with Crippen molar-refractivity contribution in [2.75, 3.05) is 13.1 Å². The van der Waals surface area contributed by atoms with E-state index in [4.69, 9.17) is 16.3 Å². The van der Waals surface area contributed by atoms with Crippen LogP contribution in [0.3, 0.4) is 0 Å². The number of likely N-dealkylation sites (tertiary alicyclic amines) is 1. The van der Waals surface area contributed by atoms with E-state index in [1.165, 1.54) is 0 Å². The maximum absolute atomic E-state index is 12.3. The number of amides is 1. The summed E-state index contributed by atoms with van der Waals surface area (Å²) < 4.78 is 5.73. The third-order valence-corrected chi connectivity index (χ3v) is 4.60. The molecule has 1 unspecified atom stereocenters. The summed E-state index contributed by atoms with van der Waals surface area (Å²) in [5.41, 5.74) is 0.256. The summed E-state index contributed by atoms with van der Waals surface area (Å²) in [5.74, 6) is 0.976. The molecule has 0 bridgehead atoms. The number of hydrogen-bond donors (Lipinski definition) is 1. The van der Waals surface area contributed by atoms with Gasteiger partial charge in [-0.1, -0.05) is 11.6 Å². The van der Waals surface area contributed by atoms with Gasteiger partial charge < -0.3 is 14.7 Å². The number of nitrogens with zero attached hydrogens (tertiary/aromatic N) is 1. The van der Waals surface area contributed by atoms with Crippen molar-refractivity contribution in [3.63, 3.8) is 0 Å². The monoisotopic (exact) mass is 309 g/mol. The van der Waals surface area contributed by atoms with E-state index in [1.807, 2.05) is 13.0 Å². The first-order valence-corrected chi connectivity index (χ1v) is 7.71. The second-order valence-corrected chi connectivity index (χ2v) is 6.68. The van der Waals surface area contributed by atoms with E-state index in [0.29, 0.717) is 29.8 Å². The molecule has 0 aromatic heterocycles. The molecule has 0 spiro atoms. The van der Waals surface area contributed by atoms with Gasteiger partial charge in [0.1, 0.15) is 11.4 Å². The normalized spacial score (nSPS) is 21.6. The van der Waals surface area contributed by atoms with Crippen LogP contribution in [0.15, 0.2) is 18.2 Å². The third-order valence-electron chi connectivity index (χ3n) is 4.37. The van der Waals surface area contributed by atoms with Crippen LogP contribution in [0.1, 0.15) is 25.3 Å². The van der Waals surface area contributed by atoms with Gasteiger partial charge in [0.15, 0.2) is 6.10 Å². The van der Waals surface area contributed by atoms with Crippen molar-refractivity contribution in [3.05, 3.63) is 28.8 Å². The Kier molecular flexibility index (Phi) is 3.62. The Bertz CT molecular complexity index is 565. The average molecular weight is 310 g/mol. The molecule has 1 aliphatic heterocycles. The van der Waals surface area contributed by atoms with Crippen molar-refractivity contribution in [2.24, 2.45) is 5.92 Å². The lowest BCUT2D eigenvalue weighted by Crippen LogP contribution is -2.66. The zero-order chi connectivity index (χ0) is 15.2. The molecule has 5 heteroatoms. The van der Waals surface area contributed by atoms with Crippen molar-refractivity contribution in [3.8, 4) is 5.75 Å². The molecule has 1 saturated heterocycles. The van der Waals surface area contributed by atoms with Crippen molar-refractivity contribution in [1.82, 2.24) is 4.90 Å². The van der Waals surface area contributed by atoms with E-state index < -0.39 is 11.7 Å². The summed E-state index contributed by atoms with van der Waals surface area (Å²) in [4.78, 5) is 14.0. The largest absolute Gasteiger partial charge is 0.481 e. The molecule has 4 nitrogen and oxygen atoms in total. The zero-order valence-electron chi connectivity index (χ0n) is 12.3. The molecule has 1 amide bonds. The number of carbonyl (C=O) groups excluding carboxylic acids is 1. The van der Waals surface area contributed by atoms with E-state index in [9.17, 15) is 9.90 Å². The van der Waals surface area contributed by atoms with Gasteiger partial charge in [0.2, 0.25) is 0 Å². The number of aryl methyl sites for hydroxylation is 1. The molecule has 114 valence electrons. The first-order valence-electron chi connectivity index (χ1n) is 7.33. The minimum atomic E-state index is -0.647. The Hall–Kier alpha value is -1.26. The fourth-order valence-electron chi connectivity index (χ4n) is 2.89. The number of rotatable bonds is 4. The van der Waals surface area contributed by atoms with Crippen molar-refractivity contribution >= 4 is 17.5 Å². The molecule has 1 aromatic carbocycles. The van der Waals surface area contributed by atoms with Crippen LogP contribution in [-0.4, -0.2) is 40.7 Å². The molecule has 1 N–H and O–H groups in total. The molecule has 3 rings (SSSR count). The van der Waals surface area contributed by atoms with Crippen LogP contribution in [0.4, 0.5) is 0 Å². The van der Waals surface area contributed by atoms with Gasteiger partial charge >= 0.3 is 0 Å². The summed E-state index contributed by atoms with van der Waals surface area (Å²) in [6.07, 6.45) is 1.59. The van der Waals surface area contributed by atoms with Gasteiger partial charge in [0, 0.05) is 5.02 Å². The van der Waals surface area contributed by atoms with E-state index in [2.05, 4.69) is 0 Å². The van der Waals surface area contributed by atoms with Crippen LogP contribution in [0, 0.1) is 12.8 Å². The number of hydrogen-bond acceptors (Lipinski definition) is 3. The van der Waals surface area contributed by atoms with Crippen LogP contribution < -0.4 is 4.74 Å². The molecule has 2 fully saturated rings. The lowest BCUT2D eigenvalue weighted by Gasteiger charge is -2.47. The van der Waals surface area contributed by atoms with Crippen LogP contribution in [0.25, 0.3) is 0 Å². The Morgan fingerprint density at radius 3 is 2.71 bits per heavy atom. The second kappa shape index (κ2) is 5.18. The average Bonchev–Trinajstić information content (AvgIpc) is 3.22. The lowest BCUT2D eigenvalue weighted by atomic mass is 9.88. The van der Waals surface area contributed by atoms with Gasteiger partial charge in [-0.05, 0) is 56.4 Å². The van der Waals surface area contributed by atoms with Crippen molar-refractivity contribution in [1.29, 1.82) is 0 Å². The molecule has 1 heterocycles. The van der Waals surface area contributed by atoms with Gasteiger partial charge in [0.05, 0.1) is 13.1 Å².